The van der Waals surface area contributed by atoms with Crippen molar-refractivity contribution in [2.45, 2.75) is 32.7 Å². The fraction of sp³-hybridized carbons (Fsp3) is 1.00. The normalized spacial score (nSPS) is 27.2. The lowest BCUT2D eigenvalue weighted by Gasteiger charge is -2.34. The summed E-state index contributed by atoms with van der Waals surface area (Å²) in [5, 5.41) is 3.64. The molecule has 15 heavy (non-hydrogen) atoms. The van der Waals surface area contributed by atoms with Crippen LogP contribution in [-0.4, -0.2) is 50.8 Å². The van der Waals surface area contributed by atoms with Crippen molar-refractivity contribution in [3.63, 3.8) is 0 Å². The van der Waals surface area contributed by atoms with Gasteiger partial charge in [0.25, 0.3) is 0 Å². The summed E-state index contributed by atoms with van der Waals surface area (Å²) in [5.74, 6) is 0.662. The molecule has 2 atom stereocenters. The molecule has 2 unspecified atom stereocenters. The second-order valence-corrected chi connectivity index (χ2v) is 4.54. The number of hydrogen-bond donors (Lipinski definition) is 1. The summed E-state index contributed by atoms with van der Waals surface area (Å²) in [6.45, 7) is 9.68. The van der Waals surface area contributed by atoms with Gasteiger partial charge in [0, 0.05) is 25.1 Å². The van der Waals surface area contributed by atoms with E-state index in [0.29, 0.717) is 12.0 Å². The zero-order chi connectivity index (χ0) is 11.1. The third kappa shape index (κ3) is 4.49. The first-order valence-corrected chi connectivity index (χ1v) is 6.27. The van der Waals surface area contributed by atoms with Gasteiger partial charge in [-0.25, -0.2) is 0 Å². The second kappa shape index (κ2) is 7.20. The van der Waals surface area contributed by atoms with Crippen molar-refractivity contribution in [2.24, 2.45) is 5.92 Å². The van der Waals surface area contributed by atoms with E-state index in [0.717, 1.165) is 32.8 Å². The summed E-state index contributed by atoms with van der Waals surface area (Å²) in [6, 6.07) is 0.660. The van der Waals surface area contributed by atoms with Crippen LogP contribution < -0.4 is 5.32 Å². The lowest BCUT2D eigenvalue weighted by atomic mass is 9.95. The predicted molar refractivity (Wildman–Crippen MR) is 64.2 cm³/mol. The van der Waals surface area contributed by atoms with Crippen LogP contribution in [0, 0.1) is 5.92 Å². The lowest BCUT2D eigenvalue weighted by molar-refractivity contribution is 0.0204. The van der Waals surface area contributed by atoms with E-state index in [4.69, 9.17) is 4.74 Å². The molecule has 1 aliphatic rings. The van der Waals surface area contributed by atoms with Crippen LogP contribution in [0.1, 0.15) is 26.7 Å². The molecule has 1 fully saturated rings. The zero-order valence-corrected chi connectivity index (χ0v) is 10.5. The van der Waals surface area contributed by atoms with Crippen LogP contribution in [0.3, 0.4) is 0 Å². The fourth-order valence-electron chi connectivity index (χ4n) is 2.10. The highest BCUT2D eigenvalue weighted by molar-refractivity contribution is 4.81. The van der Waals surface area contributed by atoms with E-state index in [2.05, 4.69) is 31.1 Å². The van der Waals surface area contributed by atoms with Crippen molar-refractivity contribution in [1.82, 2.24) is 10.2 Å². The van der Waals surface area contributed by atoms with Crippen molar-refractivity contribution in [1.29, 1.82) is 0 Å². The van der Waals surface area contributed by atoms with Gasteiger partial charge in [0.05, 0.1) is 6.61 Å². The van der Waals surface area contributed by atoms with Gasteiger partial charge in [0.2, 0.25) is 0 Å². The molecule has 0 aromatic heterocycles. The van der Waals surface area contributed by atoms with Gasteiger partial charge in [-0.05, 0) is 33.0 Å². The number of rotatable bonds is 6. The van der Waals surface area contributed by atoms with Gasteiger partial charge >= 0.3 is 0 Å². The monoisotopic (exact) mass is 214 g/mol. The number of hydrogen-bond acceptors (Lipinski definition) is 3. The van der Waals surface area contributed by atoms with Crippen LogP contribution in [0.4, 0.5) is 0 Å². The van der Waals surface area contributed by atoms with Gasteiger partial charge in [-0.3, -0.25) is 0 Å². The van der Waals surface area contributed by atoms with Crippen molar-refractivity contribution >= 4 is 0 Å². The Morgan fingerprint density at radius 3 is 2.87 bits per heavy atom. The highest BCUT2D eigenvalue weighted by Crippen LogP contribution is 2.15. The van der Waals surface area contributed by atoms with Crippen LogP contribution in [0.15, 0.2) is 0 Å². The molecule has 0 amide bonds. The average molecular weight is 214 g/mol. The third-order valence-corrected chi connectivity index (χ3v) is 3.22. The molecule has 3 nitrogen and oxygen atoms in total. The summed E-state index contributed by atoms with van der Waals surface area (Å²) in [5.41, 5.74) is 0. The molecular weight excluding hydrogens is 188 g/mol. The van der Waals surface area contributed by atoms with Crippen LogP contribution in [-0.2, 0) is 4.74 Å². The van der Waals surface area contributed by atoms with E-state index < -0.39 is 0 Å². The van der Waals surface area contributed by atoms with Crippen LogP contribution in [0.2, 0.25) is 0 Å². The summed E-state index contributed by atoms with van der Waals surface area (Å²) in [7, 11) is 2.19. The van der Waals surface area contributed by atoms with Crippen molar-refractivity contribution in [3.05, 3.63) is 0 Å². The third-order valence-electron chi connectivity index (χ3n) is 3.22. The molecule has 3 heteroatoms. The van der Waals surface area contributed by atoms with Gasteiger partial charge in [-0.2, -0.15) is 0 Å². The van der Waals surface area contributed by atoms with Crippen LogP contribution in [0.25, 0.3) is 0 Å². The van der Waals surface area contributed by atoms with Crippen LogP contribution >= 0.6 is 0 Å². The maximum absolute atomic E-state index is 5.57. The molecule has 0 bridgehead atoms. The standard InChI is InChI=1S/C12H26N2O/c1-4-7-13-12-6-8-15-10-11(12)9-14(3)5-2/h11-13H,4-10H2,1-3H3. The first-order valence-electron chi connectivity index (χ1n) is 6.27. The minimum Gasteiger partial charge on any atom is -0.381 e. The second-order valence-electron chi connectivity index (χ2n) is 4.54. The van der Waals surface area contributed by atoms with E-state index in [-0.39, 0.29) is 0 Å². The number of ether oxygens (including phenoxy) is 1. The lowest BCUT2D eigenvalue weighted by Crippen LogP contribution is -2.47. The van der Waals surface area contributed by atoms with E-state index in [1.165, 1.54) is 12.8 Å². The number of nitrogens with zero attached hydrogens (tertiary/aromatic N) is 1. The Balaban J connectivity index is 2.35. The summed E-state index contributed by atoms with van der Waals surface area (Å²) < 4.78 is 5.57. The van der Waals surface area contributed by atoms with E-state index in [9.17, 15) is 0 Å². The maximum atomic E-state index is 5.57. The van der Waals surface area contributed by atoms with Gasteiger partial charge in [-0.1, -0.05) is 13.8 Å². The molecule has 0 aromatic carbocycles. The SMILES string of the molecule is CCCNC1CCOCC1CN(C)CC. The van der Waals surface area contributed by atoms with Crippen molar-refractivity contribution in [2.75, 3.05) is 39.9 Å². The molecule has 90 valence electrons. The minimum atomic E-state index is 0.660. The summed E-state index contributed by atoms with van der Waals surface area (Å²) >= 11 is 0. The highest BCUT2D eigenvalue weighted by atomic mass is 16.5. The average Bonchev–Trinajstić information content (AvgIpc) is 2.28. The Kier molecular flexibility index (Phi) is 6.22. The van der Waals surface area contributed by atoms with Crippen LogP contribution in [0.5, 0.6) is 0 Å². The molecule has 1 rings (SSSR count). The van der Waals surface area contributed by atoms with E-state index in [1.54, 1.807) is 0 Å². The molecule has 1 aliphatic heterocycles. The molecule has 1 saturated heterocycles. The van der Waals surface area contributed by atoms with Crippen molar-refractivity contribution in [3.8, 4) is 0 Å². The highest BCUT2D eigenvalue weighted by Gasteiger charge is 2.25. The van der Waals surface area contributed by atoms with Gasteiger partial charge < -0.3 is 15.0 Å². The fourth-order valence-corrected chi connectivity index (χ4v) is 2.10. The van der Waals surface area contributed by atoms with Gasteiger partial charge in [0.15, 0.2) is 0 Å². The smallest absolute Gasteiger partial charge is 0.0521 e. The summed E-state index contributed by atoms with van der Waals surface area (Å²) in [6.07, 6.45) is 2.38. The topological polar surface area (TPSA) is 24.5 Å². The summed E-state index contributed by atoms with van der Waals surface area (Å²) in [4.78, 5) is 2.37. The van der Waals surface area contributed by atoms with Gasteiger partial charge in [-0.15, -0.1) is 0 Å². The Morgan fingerprint density at radius 1 is 1.40 bits per heavy atom. The Morgan fingerprint density at radius 2 is 2.20 bits per heavy atom. The maximum Gasteiger partial charge on any atom is 0.0521 e. The minimum absolute atomic E-state index is 0.660. The molecular formula is C12H26N2O. The zero-order valence-electron chi connectivity index (χ0n) is 10.5. The molecule has 0 aromatic rings. The van der Waals surface area contributed by atoms with Gasteiger partial charge in [0.1, 0.15) is 0 Å². The Labute approximate surface area is 94.2 Å². The molecule has 1 N–H and O–H groups in total. The Hall–Kier alpha value is -0.120. The predicted octanol–water partition coefficient (Wildman–Crippen LogP) is 1.34. The van der Waals surface area contributed by atoms with E-state index in [1.807, 2.05) is 0 Å². The molecule has 0 saturated carbocycles. The molecule has 0 aliphatic carbocycles. The molecule has 0 radical (unpaired) electrons. The Bertz CT molecular complexity index is 164. The molecule has 0 spiro atoms. The molecule has 1 heterocycles. The largest absolute Gasteiger partial charge is 0.381 e. The first-order chi connectivity index (χ1) is 7.27. The van der Waals surface area contributed by atoms with E-state index >= 15 is 0 Å². The number of nitrogens with one attached hydrogen (secondary N) is 1. The first kappa shape index (κ1) is 12.9. The van der Waals surface area contributed by atoms with Crippen molar-refractivity contribution < 1.29 is 4.74 Å². The quantitative estimate of drug-likeness (QED) is 0.722.